The quantitative estimate of drug-likeness (QED) is 0.851. The highest BCUT2D eigenvalue weighted by Crippen LogP contribution is 2.14. The first-order valence-corrected chi connectivity index (χ1v) is 6.33. The summed E-state index contributed by atoms with van der Waals surface area (Å²) in [5.41, 5.74) is 7.36. The van der Waals surface area contributed by atoms with Gasteiger partial charge in [-0.1, -0.05) is 18.3 Å². The molecule has 0 saturated carbocycles. The molecule has 1 aromatic heterocycles. The zero-order valence-corrected chi connectivity index (χ0v) is 11.6. The van der Waals surface area contributed by atoms with E-state index < -0.39 is 11.6 Å². The molecule has 0 atom stereocenters. The SMILES string of the molecule is Cc1cc(C(N)=S)cc(NCc2ccc(F)cc2F)n1. The fourth-order valence-corrected chi connectivity index (χ4v) is 1.87. The van der Waals surface area contributed by atoms with Gasteiger partial charge in [0.2, 0.25) is 0 Å². The van der Waals surface area contributed by atoms with Crippen LogP contribution >= 0.6 is 12.2 Å². The number of benzene rings is 1. The van der Waals surface area contributed by atoms with E-state index in [0.29, 0.717) is 16.9 Å². The van der Waals surface area contributed by atoms with Crippen LogP contribution in [0.4, 0.5) is 14.6 Å². The van der Waals surface area contributed by atoms with E-state index in [2.05, 4.69) is 10.3 Å². The molecule has 0 aliphatic carbocycles. The third kappa shape index (κ3) is 3.48. The lowest BCUT2D eigenvalue weighted by Gasteiger charge is -2.09. The van der Waals surface area contributed by atoms with Gasteiger partial charge in [-0.2, -0.15) is 0 Å². The van der Waals surface area contributed by atoms with Crippen molar-refractivity contribution in [3.05, 3.63) is 58.8 Å². The van der Waals surface area contributed by atoms with Gasteiger partial charge < -0.3 is 11.1 Å². The molecule has 2 rings (SSSR count). The van der Waals surface area contributed by atoms with Crippen molar-refractivity contribution >= 4 is 23.0 Å². The maximum atomic E-state index is 13.5. The Bertz CT molecular complexity index is 659. The van der Waals surface area contributed by atoms with Gasteiger partial charge in [0.05, 0.1) is 0 Å². The van der Waals surface area contributed by atoms with Crippen LogP contribution in [0.1, 0.15) is 16.8 Å². The fraction of sp³-hybridized carbons (Fsp3) is 0.143. The highest BCUT2D eigenvalue weighted by atomic mass is 32.1. The van der Waals surface area contributed by atoms with Gasteiger partial charge in [0.15, 0.2) is 0 Å². The summed E-state index contributed by atoms with van der Waals surface area (Å²) in [4.78, 5) is 4.53. The highest BCUT2D eigenvalue weighted by Gasteiger charge is 2.06. The molecule has 0 bridgehead atoms. The minimum Gasteiger partial charge on any atom is -0.389 e. The second-order valence-electron chi connectivity index (χ2n) is 4.34. The average molecular weight is 293 g/mol. The van der Waals surface area contributed by atoms with Gasteiger partial charge in [0, 0.05) is 29.4 Å². The molecular formula is C14H13F2N3S. The number of nitrogens with two attached hydrogens (primary N) is 1. The first-order valence-electron chi connectivity index (χ1n) is 5.92. The maximum absolute atomic E-state index is 13.5. The Morgan fingerprint density at radius 2 is 2.05 bits per heavy atom. The third-order valence-electron chi connectivity index (χ3n) is 2.71. The Kier molecular flexibility index (Phi) is 4.24. The second-order valence-corrected chi connectivity index (χ2v) is 4.78. The molecule has 3 N–H and O–H groups in total. The summed E-state index contributed by atoms with van der Waals surface area (Å²) in [5.74, 6) is -0.660. The topological polar surface area (TPSA) is 50.9 Å². The minimum atomic E-state index is -0.601. The smallest absolute Gasteiger partial charge is 0.131 e. The number of halogens is 2. The van der Waals surface area contributed by atoms with Gasteiger partial charge in [-0.15, -0.1) is 0 Å². The lowest BCUT2D eigenvalue weighted by Crippen LogP contribution is -2.12. The van der Waals surface area contributed by atoms with Crippen LogP contribution in [0.25, 0.3) is 0 Å². The molecule has 0 saturated heterocycles. The van der Waals surface area contributed by atoms with Gasteiger partial charge in [-0.05, 0) is 25.1 Å². The predicted octanol–water partition coefficient (Wildman–Crippen LogP) is 2.91. The van der Waals surface area contributed by atoms with Crippen molar-refractivity contribution in [2.24, 2.45) is 5.73 Å². The Balaban J connectivity index is 2.16. The molecule has 20 heavy (non-hydrogen) atoms. The van der Waals surface area contributed by atoms with Gasteiger partial charge in [0.1, 0.15) is 22.4 Å². The Hall–Kier alpha value is -2.08. The number of nitrogens with one attached hydrogen (secondary N) is 1. The number of aryl methyl sites for hydroxylation is 1. The van der Waals surface area contributed by atoms with Gasteiger partial charge >= 0.3 is 0 Å². The number of anilines is 1. The monoisotopic (exact) mass is 293 g/mol. The molecule has 0 unspecified atom stereocenters. The number of thiocarbonyl (C=S) groups is 1. The predicted molar refractivity (Wildman–Crippen MR) is 78.5 cm³/mol. The highest BCUT2D eigenvalue weighted by molar-refractivity contribution is 7.80. The molecule has 1 heterocycles. The van der Waals surface area contributed by atoms with Crippen LogP contribution in [0.15, 0.2) is 30.3 Å². The van der Waals surface area contributed by atoms with Crippen molar-refractivity contribution in [1.82, 2.24) is 4.98 Å². The van der Waals surface area contributed by atoms with E-state index in [1.54, 1.807) is 12.1 Å². The first kappa shape index (κ1) is 14.3. The van der Waals surface area contributed by atoms with Crippen molar-refractivity contribution in [1.29, 1.82) is 0 Å². The number of hydrogen-bond acceptors (Lipinski definition) is 3. The largest absolute Gasteiger partial charge is 0.389 e. The number of aromatic nitrogens is 1. The lowest BCUT2D eigenvalue weighted by molar-refractivity contribution is 0.574. The fourth-order valence-electron chi connectivity index (χ4n) is 1.75. The summed E-state index contributed by atoms with van der Waals surface area (Å²) < 4.78 is 26.3. The Morgan fingerprint density at radius 1 is 1.30 bits per heavy atom. The summed E-state index contributed by atoms with van der Waals surface area (Å²) in [6.07, 6.45) is 0. The van der Waals surface area contributed by atoms with E-state index in [1.807, 2.05) is 6.92 Å². The molecule has 3 nitrogen and oxygen atoms in total. The molecule has 0 radical (unpaired) electrons. The molecule has 2 aromatic rings. The van der Waals surface area contributed by atoms with E-state index in [-0.39, 0.29) is 11.5 Å². The zero-order valence-electron chi connectivity index (χ0n) is 10.8. The van der Waals surface area contributed by atoms with E-state index in [4.69, 9.17) is 18.0 Å². The Labute approximate surface area is 120 Å². The summed E-state index contributed by atoms with van der Waals surface area (Å²) in [6.45, 7) is 2.00. The summed E-state index contributed by atoms with van der Waals surface area (Å²) in [6, 6.07) is 6.91. The third-order valence-corrected chi connectivity index (χ3v) is 2.95. The molecule has 1 aromatic carbocycles. The minimum absolute atomic E-state index is 0.194. The van der Waals surface area contributed by atoms with Crippen LogP contribution in [0.2, 0.25) is 0 Å². The van der Waals surface area contributed by atoms with E-state index in [9.17, 15) is 8.78 Å². The van der Waals surface area contributed by atoms with Gasteiger partial charge in [0.25, 0.3) is 0 Å². The van der Waals surface area contributed by atoms with E-state index >= 15 is 0 Å². The Morgan fingerprint density at radius 3 is 2.70 bits per heavy atom. The zero-order chi connectivity index (χ0) is 14.7. The van der Waals surface area contributed by atoms with Crippen LogP contribution in [-0.4, -0.2) is 9.97 Å². The maximum Gasteiger partial charge on any atom is 0.131 e. The normalized spacial score (nSPS) is 10.3. The van der Waals surface area contributed by atoms with Crippen molar-refractivity contribution in [3.63, 3.8) is 0 Å². The standard InChI is InChI=1S/C14H13F2N3S/c1-8-4-10(14(17)20)5-13(19-8)18-7-9-2-3-11(15)6-12(9)16/h2-6H,7H2,1H3,(H2,17,20)(H,18,19). The van der Waals surface area contributed by atoms with Crippen molar-refractivity contribution in [2.45, 2.75) is 13.5 Å². The molecule has 0 aliphatic rings. The van der Waals surface area contributed by atoms with Gasteiger partial charge in [-0.3, -0.25) is 0 Å². The molecule has 0 aliphatic heterocycles. The number of rotatable bonds is 4. The van der Waals surface area contributed by atoms with Crippen LogP contribution < -0.4 is 11.1 Å². The first-order chi connectivity index (χ1) is 9.45. The molecule has 104 valence electrons. The van der Waals surface area contributed by atoms with Crippen molar-refractivity contribution in [3.8, 4) is 0 Å². The molecule has 6 heteroatoms. The van der Waals surface area contributed by atoms with Crippen molar-refractivity contribution < 1.29 is 8.78 Å². The molecule has 0 fully saturated rings. The van der Waals surface area contributed by atoms with Crippen LogP contribution in [-0.2, 0) is 6.54 Å². The number of nitrogens with zero attached hydrogens (tertiary/aromatic N) is 1. The average Bonchev–Trinajstić information content (AvgIpc) is 2.37. The molecule has 0 amide bonds. The number of pyridine rings is 1. The van der Waals surface area contributed by atoms with Crippen LogP contribution in [0, 0.1) is 18.6 Å². The van der Waals surface area contributed by atoms with Crippen LogP contribution in [0.5, 0.6) is 0 Å². The van der Waals surface area contributed by atoms with E-state index in [0.717, 1.165) is 11.8 Å². The molecule has 0 spiro atoms. The van der Waals surface area contributed by atoms with E-state index in [1.165, 1.54) is 12.1 Å². The summed E-state index contributed by atoms with van der Waals surface area (Å²) in [7, 11) is 0. The number of hydrogen-bond donors (Lipinski definition) is 2. The second kappa shape index (κ2) is 5.92. The summed E-state index contributed by atoms with van der Waals surface area (Å²) in [5, 5.41) is 2.97. The summed E-state index contributed by atoms with van der Waals surface area (Å²) >= 11 is 4.91. The van der Waals surface area contributed by atoms with Crippen molar-refractivity contribution in [2.75, 3.05) is 5.32 Å². The van der Waals surface area contributed by atoms with Gasteiger partial charge in [-0.25, -0.2) is 13.8 Å². The van der Waals surface area contributed by atoms with Crippen LogP contribution in [0.3, 0.4) is 0 Å². The molecular weight excluding hydrogens is 280 g/mol. The lowest BCUT2D eigenvalue weighted by atomic mass is 10.2.